The van der Waals surface area contributed by atoms with E-state index in [9.17, 15) is 9.59 Å². The third-order valence-corrected chi connectivity index (χ3v) is 4.24. The number of H-pyrrole nitrogens is 1. The Kier molecular flexibility index (Phi) is 5.49. The Morgan fingerprint density at radius 3 is 2.69 bits per heavy atom. The summed E-state index contributed by atoms with van der Waals surface area (Å²) in [5.74, 6) is -0.126. The van der Waals surface area contributed by atoms with Crippen LogP contribution in [0.25, 0.3) is 28.3 Å². The number of hydrogen-bond donors (Lipinski definition) is 3. The van der Waals surface area contributed by atoms with E-state index in [0.717, 1.165) is 22.4 Å². The van der Waals surface area contributed by atoms with Gasteiger partial charge in [-0.25, -0.2) is 4.98 Å². The number of amides is 2. The van der Waals surface area contributed by atoms with Crippen molar-refractivity contribution in [1.29, 1.82) is 0 Å². The molecule has 3 aromatic rings. The Hall–Kier alpha value is -3.88. The molecule has 0 fully saturated rings. The molecule has 3 rings (SSSR count). The SMILES string of the molecule is C=C(OC(=C)c1ccc2nc(-c3cc(C)nn3C)[nH]c2c1)C(=O)NCC(=O)NC. The van der Waals surface area contributed by atoms with Crippen LogP contribution in [0.5, 0.6) is 0 Å². The van der Waals surface area contributed by atoms with Crippen LogP contribution < -0.4 is 10.6 Å². The Morgan fingerprint density at radius 2 is 2.03 bits per heavy atom. The fourth-order valence-electron chi connectivity index (χ4n) is 2.74. The van der Waals surface area contributed by atoms with E-state index in [1.807, 2.05) is 32.2 Å². The van der Waals surface area contributed by atoms with E-state index in [-0.39, 0.29) is 24.0 Å². The van der Waals surface area contributed by atoms with Gasteiger partial charge in [-0.05, 0) is 31.2 Å². The molecule has 0 bridgehead atoms. The molecule has 2 aromatic heterocycles. The minimum Gasteiger partial charge on any atom is -0.452 e. The fourth-order valence-corrected chi connectivity index (χ4v) is 2.74. The molecule has 2 heterocycles. The monoisotopic (exact) mass is 394 g/mol. The Labute approximate surface area is 167 Å². The molecule has 150 valence electrons. The second-order valence-electron chi connectivity index (χ2n) is 6.42. The van der Waals surface area contributed by atoms with Gasteiger partial charge in [0.2, 0.25) is 5.91 Å². The first-order chi connectivity index (χ1) is 13.8. The summed E-state index contributed by atoms with van der Waals surface area (Å²) in [6, 6.07) is 7.39. The van der Waals surface area contributed by atoms with Crippen molar-refractivity contribution < 1.29 is 14.3 Å². The number of fused-ring (bicyclic) bond motifs is 1. The summed E-state index contributed by atoms with van der Waals surface area (Å²) in [6.07, 6.45) is 0. The summed E-state index contributed by atoms with van der Waals surface area (Å²) in [6.45, 7) is 9.20. The van der Waals surface area contributed by atoms with Gasteiger partial charge < -0.3 is 20.4 Å². The molecule has 0 aliphatic rings. The van der Waals surface area contributed by atoms with Gasteiger partial charge in [-0.15, -0.1) is 0 Å². The van der Waals surface area contributed by atoms with Crippen LogP contribution in [0.1, 0.15) is 11.3 Å². The number of aromatic amines is 1. The predicted octanol–water partition coefficient (Wildman–Crippen LogP) is 1.64. The maximum atomic E-state index is 12.0. The second-order valence-corrected chi connectivity index (χ2v) is 6.42. The van der Waals surface area contributed by atoms with Gasteiger partial charge >= 0.3 is 0 Å². The van der Waals surface area contributed by atoms with Crippen LogP contribution in [0.4, 0.5) is 0 Å². The maximum Gasteiger partial charge on any atom is 0.286 e. The van der Waals surface area contributed by atoms with Gasteiger partial charge in [0.1, 0.15) is 11.5 Å². The quantitative estimate of drug-likeness (QED) is 0.416. The molecule has 0 spiro atoms. The van der Waals surface area contributed by atoms with E-state index >= 15 is 0 Å². The first kappa shape index (κ1) is 19.9. The highest BCUT2D eigenvalue weighted by Gasteiger charge is 2.14. The molecule has 9 nitrogen and oxygen atoms in total. The van der Waals surface area contributed by atoms with Crippen LogP contribution in [0.2, 0.25) is 0 Å². The number of hydrogen-bond acceptors (Lipinski definition) is 5. The Balaban J connectivity index is 1.73. The summed E-state index contributed by atoms with van der Waals surface area (Å²) in [7, 11) is 3.34. The van der Waals surface area contributed by atoms with Crippen molar-refractivity contribution >= 4 is 28.6 Å². The number of nitrogens with one attached hydrogen (secondary N) is 3. The number of aromatic nitrogens is 4. The van der Waals surface area contributed by atoms with E-state index < -0.39 is 5.91 Å². The number of ether oxygens (including phenoxy) is 1. The first-order valence-electron chi connectivity index (χ1n) is 8.84. The molecule has 0 saturated heterocycles. The second kappa shape index (κ2) is 8.01. The molecule has 0 saturated carbocycles. The number of imidazole rings is 1. The number of carbonyl (C=O) groups is 2. The standard InChI is InChI=1S/C20H22N6O3/c1-11-8-17(26(5)25-11)19-23-15-7-6-14(9-16(15)24-19)12(2)29-13(3)20(28)22-10-18(27)21-4/h6-9H,2-3,10H2,1,4-5H3,(H,21,27)(H,22,28)(H,23,24). The van der Waals surface area contributed by atoms with Crippen molar-refractivity contribution in [3.05, 3.63) is 54.4 Å². The van der Waals surface area contributed by atoms with Gasteiger partial charge in [0.25, 0.3) is 5.91 Å². The summed E-state index contributed by atoms with van der Waals surface area (Å²) >= 11 is 0. The third kappa shape index (κ3) is 4.34. The summed E-state index contributed by atoms with van der Waals surface area (Å²) < 4.78 is 7.21. The topological polar surface area (TPSA) is 114 Å². The maximum absolute atomic E-state index is 12.0. The van der Waals surface area contributed by atoms with Gasteiger partial charge in [0, 0.05) is 19.7 Å². The summed E-state index contributed by atoms with van der Waals surface area (Å²) in [5.41, 5.74) is 4.00. The lowest BCUT2D eigenvalue weighted by atomic mass is 10.2. The average Bonchev–Trinajstić information content (AvgIpc) is 3.26. The van der Waals surface area contributed by atoms with Gasteiger partial charge in [0.05, 0.1) is 23.3 Å². The van der Waals surface area contributed by atoms with Gasteiger partial charge in [-0.1, -0.05) is 13.2 Å². The highest BCUT2D eigenvalue weighted by atomic mass is 16.5. The van der Waals surface area contributed by atoms with Gasteiger partial charge in [0.15, 0.2) is 11.6 Å². The minimum absolute atomic E-state index is 0.158. The number of likely N-dealkylation sites (N-methyl/N-ethyl adjacent to an activating group) is 1. The Bertz CT molecular complexity index is 1120. The molecule has 2 amide bonds. The zero-order chi connectivity index (χ0) is 21.1. The van der Waals surface area contributed by atoms with Crippen molar-refractivity contribution in [2.75, 3.05) is 13.6 Å². The first-order valence-corrected chi connectivity index (χ1v) is 8.84. The zero-order valence-electron chi connectivity index (χ0n) is 16.5. The normalized spacial score (nSPS) is 10.6. The van der Waals surface area contributed by atoms with Gasteiger partial charge in [-0.2, -0.15) is 5.10 Å². The number of rotatable bonds is 7. The molecule has 0 radical (unpaired) electrons. The lowest BCUT2D eigenvalue weighted by Crippen LogP contribution is -2.36. The fraction of sp³-hybridized carbons (Fsp3) is 0.200. The molecular weight excluding hydrogens is 372 g/mol. The highest BCUT2D eigenvalue weighted by Crippen LogP contribution is 2.25. The van der Waals surface area contributed by atoms with E-state index in [2.05, 4.69) is 38.9 Å². The lowest BCUT2D eigenvalue weighted by Gasteiger charge is -2.11. The number of carbonyl (C=O) groups excluding carboxylic acids is 2. The molecule has 29 heavy (non-hydrogen) atoms. The van der Waals surface area contributed by atoms with Crippen molar-refractivity contribution in [2.45, 2.75) is 6.92 Å². The van der Waals surface area contributed by atoms with Gasteiger partial charge in [-0.3, -0.25) is 14.3 Å². The highest BCUT2D eigenvalue weighted by molar-refractivity contribution is 5.94. The van der Waals surface area contributed by atoms with Crippen LogP contribution in [0, 0.1) is 6.92 Å². The minimum atomic E-state index is -0.591. The molecule has 3 N–H and O–H groups in total. The van der Waals surface area contributed by atoms with E-state index in [1.165, 1.54) is 7.05 Å². The molecule has 1 aromatic carbocycles. The van der Waals surface area contributed by atoms with Crippen molar-refractivity contribution in [3.63, 3.8) is 0 Å². The van der Waals surface area contributed by atoms with E-state index in [4.69, 9.17) is 4.74 Å². The van der Waals surface area contributed by atoms with Crippen LogP contribution in [-0.4, -0.2) is 45.2 Å². The van der Waals surface area contributed by atoms with Crippen LogP contribution in [0.15, 0.2) is 43.2 Å². The molecule has 0 unspecified atom stereocenters. The number of benzene rings is 1. The van der Waals surface area contributed by atoms with Crippen molar-refractivity contribution in [2.24, 2.45) is 7.05 Å². The van der Waals surface area contributed by atoms with E-state index in [0.29, 0.717) is 11.4 Å². The van der Waals surface area contributed by atoms with Crippen LogP contribution in [0.3, 0.4) is 0 Å². The Morgan fingerprint density at radius 1 is 1.28 bits per heavy atom. The third-order valence-electron chi connectivity index (χ3n) is 4.24. The van der Waals surface area contributed by atoms with Crippen LogP contribution in [-0.2, 0) is 21.4 Å². The number of aryl methyl sites for hydroxylation is 2. The summed E-state index contributed by atoms with van der Waals surface area (Å²) in [4.78, 5) is 31.0. The molecule has 9 heteroatoms. The lowest BCUT2D eigenvalue weighted by molar-refractivity contribution is -0.125. The molecule has 0 aliphatic carbocycles. The smallest absolute Gasteiger partial charge is 0.286 e. The molecular formula is C20H22N6O3. The van der Waals surface area contributed by atoms with E-state index in [1.54, 1.807) is 10.7 Å². The average molecular weight is 394 g/mol. The largest absolute Gasteiger partial charge is 0.452 e. The molecule has 0 atom stereocenters. The van der Waals surface area contributed by atoms with Crippen molar-refractivity contribution in [3.8, 4) is 11.5 Å². The number of nitrogens with zero attached hydrogens (tertiary/aromatic N) is 3. The summed E-state index contributed by atoms with van der Waals surface area (Å²) in [5, 5.41) is 9.15. The predicted molar refractivity (Wildman–Crippen MR) is 109 cm³/mol. The zero-order valence-corrected chi connectivity index (χ0v) is 16.5. The van der Waals surface area contributed by atoms with Crippen molar-refractivity contribution in [1.82, 2.24) is 30.4 Å². The van der Waals surface area contributed by atoms with Crippen LogP contribution >= 0.6 is 0 Å². The molecule has 0 aliphatic heterocycles.